The predicted molar refractivity (Wildman–Crippen MR) is 364 cm³/mol. The molecule has 1 aliphatic heterocycles. The number of hydrogen-bond donors (Lipinski definition) is 2. The maximum absolute atomic E-state index is 13.3. The molecule has 1 aliphatic rings. The van der Waals surface area contributed by atoms with Gasteiger partial charge in [0.25, 0.3) is 5.56 Å². The molecule has 14 heteroatoms. The predicted octanol–water partition coefficient (Wildman–Crippen LogP) is 19.8. The van der Waals surface area contributed by atoms with Gasteiger partial charge in [-0.1, -0.05) is 310 Å². The lowest BCUT2D eigenvalue weighted by Gasteiger charge is -2.23. The minimum atomic E-state index is -1.10. The van der Waals surface area contributed by atoms with Crippen LogP contribution in [0.4, 0.5) is 0 Å². The Morgan fingerprint density at radius 1 is 0.472 bits per heavy atom. The molecule has 514 valence electrons. The van der Waals surface area contributed by atoms with E-state index in [9.17, 15) is 24.3 Å². The van der Waals surface area contributed by atoms with Crippen LogP contribution in [0.3, 0.4) is 0 Å². The van der Waals surface area contributed by atoms with E-state index in [4.69, 9.17) is 33.2 Å². The molecule has 0 amide bonds. The van der Waals surface area contributed by atoms with Gasteiger partial charge in [0, 0.05) is 19.4 Å². The quantitative estimate of drug-likeness (QED) is 0.0475. The number of unbranched alkanes of at least 4 members (excludes halogenated alkanes) is 45. The molecule has 3 rings (SSSR count). The fraction of sp³-hybridized carbons (Fsp3) is 0.840. The molecule has 2 heterocycles. The van der Waals surface area contributed by atoms with Crippen molar-refractivity contribution in [2.75, 3.05) is 33.5 Å². The third-order valence-corrected chi connectivity index (χ3v) is 17.9. The summed E-state index contributed by atoms with van der Waals surface area (Å²) in [6.07, 6.45) is 58.9. The monoisotopic (exact) mass is 1250 g/mol. The molecule has 1 aromatic heterocycles. The molecule has 2 N–H and O–H groups in total. The summed E-state index contributed by atoms with van der Waals surface area (Å²) in [5.74, 6) is 0.462. The van der Waals surface area contributed by atoms with Crippen molar-refractivity contribution in [2.45, 2.75) is 373 Å². The number of nitrogens with one attached hydrogen (secondary N) is 1. The number of esters is 2. The van der Waals surface area contributed by atoms with Gasteiger partial charge in [0.05, 0.1) is 39.3 Å². The Bertz CT molecular complexity index is 2050. The first-order valence-electron chi connectivity index (χ1n) is 37.3. The number of ether oxygens (including phenoxy) is 7. The highest BCUT2D eigenvalue weighted by atomic mass is 16.6. The average Bonchev–Trinajstić information content (AvgIpc) is 1.76. The maximum atomic E-state index is 13.3. The van der Waals surface area contributed by atoms with Crippen LogP contribution in [0.15, 0.2) is 34.0 Å². The second-order valence-corrected chi connectivity index (χ2v) is 26.0. The number of benzene rings is 1. The van der Waals surface area contributed by atoms with Crippen molar-refractivity contribution in [2.24, 2.45) is 0 Å². The SMILES string of the molecule is CCCCCCCCCCCCCCCCCCOc1cc(COC(=O)CCC(=O)OC2[C@@H](CO)O[C@@H](n3ccc(=O)[nH]c3=O)[C@H]2OC)cc(OCCCCCCCCCCCCCCCCCC)c1OCCCCCCCCCCCCCCCCCC. The number of aromatic amines is 1. The van der Waals surface area contributed by atoms with Crippen molar-refractivity contribution >= 4 is 11.9 Å². The molecule has 14 nitrogen and oxygen atoms in total. The topological polar surface area (TPSA) is 174 Å². The summed E-state index contributed by atoms with van der Waals surface area (Å²) < 4.78 is 44.0. The fourth-order valence-electron chi connectivity index (χ4n) is 12.3. The zero-order chi connectivity index (χ0) is 63.9. The van der Waals surface area contributed by atoms with Crippen LogP contribution in [0, 0.1) is 0 Å². The highest BCUT2D eigenvalue weighted by molar-refractivity contribution is 5.77. The van der Waals surface area contributed by atoms with Crippen LogP contribution in [0.5, 0.6) is 17.2 Å². The number of carbonyl (C=O) groups is 2. The molecule has 1 aromatic carbocycles. The number of aromatic nitrogens is 2. The van der Waals surface area contributed by atoms with E-state index in [1.807, 2.05) is 12.1 Å². The Morgan fingerprint density at radius 3 is 1.15 bits per heavy atom. The van der Waals surface area contributed by atoms with Crippen molar-refractivity contribution in [1.82, 2.24) is 9.55 Å². The van der Waals surface area contributed by atoms with Crippen LogP contribution in [-0.4, -0.2) is 78.4 Å². The molecule has 0 spiro atoms. The molecule has 0 bridgehead atoms. The van der Waals surface area contributed by atoms with Crippen LogP contribution in [0.25, 0.3) is 0 Å². The minimum Gasteiger partial charge on any atom is -0.490 e. The fourth-order valence-corrected chi connectivity index (χ4v) is 12.3. The second kappa shape index (κ2) is 55.7. The Labute approximate surface area is 541 Å². The molecule has 1 fully saturated rings. The normalized spacial score (nSPS) is 15.7. The highest BCUT2D eigenvalue weighted by Gasteiger charge is 2.48. The zero-order valence-corrected chi connectivity index (χ0v) is 57.4. The lowest BCUT2D eigenvalue weighted by molar-refractivity contribution is -0.160. The number of rotatable bonds is 63. The lowest BCUT2D eigenvalue weighted by Crippen LogP contribution is -2.41. The number of methoxy groups -OCH3 is 1. The summed E-state index contributed by atoms with van der Waals surface area (Å²) in [4.78, 5) is 53.1. The Kier molecular flexibility index (Phi) is 49.7. The van der Waals surface area contributed by atoms with Crippen LogP contribution in [-0.2, 0) is 35.1 Å². The number of H-pyrrole nitrogens is 1. The van der Waals surface area contributed by atoms with Gasteiger partial charge in [0.2, 0.25) is 5.75 Å². The third-order valence-electron chi connectivity index (χ3n) is 17.9. The summed E-state index contributed by atoms with van der Waals surface area (Å²) >= 11 is 0. The summed E-state index contributed by atoms with van der Waals surface area (Å²) in [7, 11) is 1.37. The highest BCUT2D eigenvalue weighted by Crippen LogP contribution is 2.40. The van der Waals surface area contributed by atoms with Gasteiger partial charge in [0.1, 0.15) is 18.8 Å². The van der Waals surface area contributed by atoms with Gasteiger partial charge < -0.3 is 38.3 Å². The van der Waals surface area contributed by atoms with Gasteiger partial charge in [-0.2, -0.15) is 0 Å². The largest absolute Gasteiger partial charge is 0.490 e. The number of nitrogens with zero attached hydrogens (tertiary/aromatic N) is 1. The molecule has 0 aliphatic carbocycles. The molecule has 4 atom stereocenters. The molecule has 1 saturated heterocycles. The smallest absolute Gasteiger partial charge is 0.330 e. The number of aliphatic hydroxyl groups excluding tert-OH is 1. The molecule has 1 unspecified atom stereocenters. The van der Waals surface area contributed by atoms with Gasteiger partial charge >= 0.3 is 17.6 Å². The first-order chi connectivity index (χ1) is 43.8. The van der Waals surface area contributed by atoms with E-state index in [1.165, 1.54) is 283 Å². The standard InChI is InChI=1S/C75H132N2O12/c1-5-8-11-14-17-20-23-26-29-32-35-38-41-44-47-50-57-84-65-60-64(63-87-69(80)53-54-70(81)89-72-67(62-78)88-74(73(72)83-4)77-56-55-68(79)76-75(77)82)61-66(85-58-51-48-45-42-39-36-33-30-27-24-21-18-15-12-9-6-2)71(65)86-59-52-49-46-43-40-37-34-31-28-25-22-19-16-13-10-7-3/h55-56,60-61,67,72-74,78H,5-54,57-59,62-63H2,1-4H3,(H,76,79,82)/t67-,72?,73+,74-/m1/s1. The van der Waals surface area contributed by atoms with Crippen LogP contribution in [0.2, 0.25) is 0 Å². The molecule has 0 saturated carbocycles. The van der Waals surface area contributed by atoms with E-state index in [2.05, 4.69) is 25.8 Å². The molecular formula is C75H132N2O12. The van der Waals surface area contributed by atoms with Crippen molar-refractivity contribution < 1.29 is 47.9 Å². The molecular weight excluding hydrogens is 1120 g/mol. The Morgan fingerprint density at radius 2 is 0.809 bits per heavy atom. The zero-order valence-electron chi connectivity index (χ0n) is 57.4. The third kappa shape index (κ3) is 39.3. The number of carbonyl (C=O) groups excluding carboxylic acids is 2. The molecule has 89 heavy (non-hydrogen) atoms. The van der Waals surface area contributed by atoms with E-state index in [1.54, 1.807) is 0 Å². The van der Waals surface area contributed by atoms with E-state index in [-0.39, 0.29) is 19.4 Å². The second-order valence-electron chi connectivity index (χ2n) is 26.0. The van der Waals surface area contributed by atoms with Crippen molar-refractivity contribution in [3.8, 4) is 17.2 Å². The van der Waals surface area contributed by atoms with Crippen LogP contribution >= 0.6 is 0 Å². The number of hydrogen-bond acceptors (Lipinski definition) is 12. The molecule has 0 radical (unpaired) electrons. The van der Waals surface area contributed by atoms with E-state index >= 15 is 0 Å². The Hall–Kier alpha value is -3.88. The molecule has 2 aromatic rings. The lowest BCUT2D eigenvalue weighted by atomic mass is 10.0. The average molecular weight is 1250 g/mol. The first-order valence-corrected chi connectivity index (χ1v) is 37.3. The van der Waals surface area contributed by atoms with Gasteiger partial charge in [0.15, 0.2) is 23.8 Å². The first kappa shape index (κ1) is 79.4. The van der Waals surface area contributed by atoms with Crippen molar-refractivity contribution in [1.29, 1.82) is 0 Å². The van der Waals surface area contributed by atoms with Gasteiger partial charge in [-0.25, -0.2) is 4.79 Å². The van der Waals surface area contributed by atoms with E-state index in [0.717, 1.165) is 49.2 Å². The van der Waals surface area contributed by atoms with Crippen LogP contribution in [0.1, 0.15) is 354 Å². The van der Waals surface area contributed by atoms with Crippen molar-refractivity contribution in [3.05, 3.63) is 50.8 Å². The summed E-state index contributed by atoms with van der Waals surface area (Å²) in [5, 5.41) is 10.1. The summed E-state index contributed by atoms with van der Waals surface area (Å²) in [5.41, 5.74) is -0.635. The minimum absolute atomic E-state index is 0.0670. The summed E-state index contributed by atoms with van der Waals surface area (Å²) in [6.45, 7) is 7.87. The van der Waals surface area contributed by atoms with Gasteiger partial charge in [-0.05, 0) is 37.0 Å². The van der Waals surface area contributed by atoms with E-state index in [0.29, 0.717) is 42.6 Å². The van der Waals surface area contributed by atoms with Gasteiger partial charge in [-0.3, -0.25) is 23.9 Å². The van der Waals surface area contributed by atoms with Crippen LogP contribution < -0.4 is 25.5 Å². The Balaban J connectivity index is 1.60. The van der Waals surface area contributed by atoms with Crippen molar-refractivity contribution in [3.63, 3.8) is 0 Å². The maximum Gasteiger partial charge on any atom is 0.330 e. The van der Waals surface area contributed by atoms with Gasteiger partial charge in [-0.15, -0.1) is 0 Å². The summed E-state index contributed by atoms with van der Waals surface area (Å²) in [6, 6.07) is 4.97. The van der Waals surface area contributed by atoms with E-state index < -0.39 is 54.3 Å². The number of aliphatic hydroxyl groups is 1.